The first-order valence-electron chi connectivity index (χ1n) is 11.7. The lowest BCUT2D eigenvalue weighted by Crippen LogP contribution is -2.42. The van der Waals surface area contributed by atoms with Crippen molar-refractivity contribution in [1.82, 2.24) is 25.1 Å². The van der Waals surface area contributed by atoms with Crippen LogP contribution in [0.5, 0.6) is 5.75 Å². The number of aromatic nitrogens is 2. The van der Waals surface area contributed by atoms with Crippen LogP contribution in [0.3, 0.4) is 0 Å². The van der Waals surface area contributed by atoms with Gasteiger partial charge in [-0.05, 0) is 42.5 Å². The zero-order valence-corrected chi connectivity index (χ0v) is 19.4. The Morgan fingerprint density at radius 1 is 1.15 bits per heavy atom. The highest BCUT2D eigenvalue weighted by molar-refractivity contribution is 5.92. The van der Waals surface area contributed by atoms with Gasteiger partial charge in [0.25, 0.3) is 5.91 Å². The highest BCUT2D eigenvalue weighted by Gasteiger charge is 2.22. The van der Waals surface area contributed by atoms with E-state index in [1.54, 1.807) is 25.1 Å². The summed E-state index contributed by atoms with van der Waals surface area (Å²) in [7, 11) is 0. The Bertz CT molecular complexity index is 1020. The third-order valence-corrected chi connectivity index (χ3v) is 6.44. The van der Waals surface area contributed by atoms with Crippen LogP contribution in [0.1, 0.15) is 41.4 Å². The number of hydrogen-bond acceptors (Lipinski definition) is 8. The van der Waals surface area contributed by atoms with Gasteiger partial charge in [-0.25, -0.2) is 9.97 Å². The quantitative estimate of drug-likeness (QED) is 0.468. The van der Waals surface area contributed by atoms with Gasteiger partial charge in [0.05, 0.1) is 6.10 Å². The van der Waals surface area contributed by atoms with E-state index in [4.69, 9.17) is 0 Å². The molecule has 3 heterocycles. The Morgan fingerprint density at radius 3 is 2.71 bits per heavy atom. The molecule has 0 saturated carbocycles. The van der Waals surface area contributed by atoms with Crippen molar-refractivity contribution in [2.75, 3.05) is 38.0 Å². The SMILES string of the molecule is CC(=O)N1CCC(Nc2cc(C(=O)NCC(O)CN3CCc4cc(O)ccc4C3)ncn2)CC1. The molecule has 1 unspecified atom stereocenters. The largest absolute Gasteiger partial charge is 0.508 e. The minimum absolute atomic E-state index is 0.0898. The number of β-amino-alcohol motifs (C(OH)–C–C–N with tert-alkyl or cyclic N) is 1. The smallest absolute Gasteiger partial charge is 0.270 e. The maximum Gasteiger partial charge on any atom is 0.270 e. The molecule has 2 aliphatic rings. The topological polar surface area (TPSA) is 131 Å². The summed E-state index contributed by atoms with van der Waals surface area (Å²) >= 11 is 0. The Morgan fingerprint density at radius 2 is 1.94 bits per heavy atom. The van der Waals surface area contributed by atoms with E-state index in [0.717, 1.165) is 36.9 Å². The van der Waals surface area contributed by atoms with Crippen LogP contribution in [0.25, 0.3) is 0 Å². The lowest BCUT2D eigenvalue weighted by molar-refractivity contribution is -0.129. The third kappa shape index (κ3) is 6.21. The number of phenols is 1. The number of carbonyl (C=O) groups excluding carboxylic acids is 2. The Kier molecular flexibility index (Phi) is 7.59. The van der Waals surface area contributed by atoms with Crippen molar-refractivity contribution in [3.8, 4) is 5.75 Å². The van der Waals surface area contributed by atoms with Gasteiger partial charge in [-0.15, -0.1) is 0 Å². The van der Waals surface area contributed by atoms with Crippen LogP contribution >= 0.6 is 0 Å². The molecule has 2 amide bonds. The second kappa shape index (κ2) is 10.8. The second-order valence-electron chi connectivity index (χ2n) is 9.02. The lowest BCUT2D eigenvalue weighted by Gasteiger charge is -2.31. The number of fused-ring (bicyclic) bond motifs is 1. The molecule has 0 bridgehead atoms. The fraction of sp³-hybridized carbons (Fsp3) is 0.500. The van der Waals surface area contributed by atoms with Crippen molar-refractivity contribution in [2.24, 2.45) is 0 Å². The van der Waals surface area contributed by atoms with Gasteiger partial charge in [-0.1, -0.05) is 6.07 Å². The molecule has 4 N–H and O–H groups in total. The number of amides is 2. The number of nitrogens with one attached hydrogen (secondary N) is 2. The Balaban J connectivity index is 1.23. The summed E-state index contributed by atoms with van der Waals surface area (Å²) in [6, 6.07) is 7.18. The maximum absolute atomic E-state index is 12.6. The van der Waals surface area contributed by atoms with Crippen molar-refractivity contribution in [3.05, 3.63) is 47.4 Å². The van der Waals surface area contributed by atoms with Gasteiger partial charge >= 0.3 is 0 Å². The van der Waals surface area contributed by atoms with Crippen LogP contribution in [-0.2, 0) is 17.8 Å². The summed E-state index contributed by atoms with van der Waals surface area (Å²) in [5, 5.41) is 26.2. The molecule has 10 heteroatoms. The molecule has 182 valence electrons. The van der Waals surface area contributed by atoms with Gasteiger partial charge in [0.15, 0.2) is 0 Å². The van der Waals surface area contributed by atoms with Crippen molar-refractivity contribution < 1.29 is 19.8 Å². The normalized spacial score (nSPS) is 17.6. The first-order chi connectivity index (χ1) is 16.4. The van der Waals surface area contributed by atoms with Crippen LogP contribution in [0.4, 0.5) is 5.82 Å². The number of phenolic OH excluding ortho intramolecular Hbond substituents is 1. The van der Waals surface area contributed by atoms with E-state index >= 15 is 0 Å². The van der Waals surface area contributed by atoms with E-state index in [1.165, 1.54) is 6.33 Å². The molecule has 34 heavy (non-hydrogen) atoms. The van der Waals surface area contributed by atoms with Gasteiger partial charge < -0.3 is 25.7 Å². The number of aromatic hydroxyl groups is 1. The van der Waals surface area contributed by atoms with Crippen LogP contribution in [-0.4, -0.2) is 86.7 Å². The van der Waals surface area contributed by atoms with Crippen LogP contribution in [0.2, 0.25) is 0 Å². The Hall–Kier alpha value is -3.24. The molecule has 0 aliphatic carbocycles. The summed E-state index contributed by atoms with van der Waals surface area (Å²) in [4.78, 5) is 36.3. The number of aliphatic hydroxyl groups is 1. The zero-order chi connectivity index (χ0) is 24.1. The van der Waals surface area contributed by atoms with Gasteiger partial charge in [-0.3, -0.25) is 14.5 Å². The second-order valence-corrected chi connectivity index (χ2v) is 9.02. The molecular weight excluding hydrogens is 436 g/mol. The molecule has 0 spiro atoms. The highest BCUT2D eigenvalue weighted by atomic mass is 16.3. The van der Waals surface area contributed by atoms with Crippen molar-refractivity contribution >= 4 is 17.6 Å². The molecule has 1 aromatic carbocycles. The number of piperidine rings is 1. The van der Waals surface area contributed by atoms with Gasteiger partial charge in [0.1, 0.15) is 23.6 Å². The number of anilines is 1. The van der Waals surface area contributed by atoms with Gasteiger partial charge in [0.2, 0.25) is 5.91 Å². The molecule has 1 aromatic heterocycles. The standard InChI is InChI=1S/C24H32N6O4/c1-16(31)30-8-5-19(6-9-30)28-23-11-22(26-15-27-23)24(34)25-12-21(33)14-29-7-4-17-10-20(32)3-2-18(17)13-29/h2-3,10-11,15,19,21,32-33H,4-9,12-14H2,1H3,(H,25,34)(H,26,27,28). The minimum atomic E-state index is -0.714. The van der Waals surface area contributed by atoms with E-state index in [-0.39, 0.29) is 35.8 Å². The molecular formula is C24H32N6O4. The summed E-state index contributed by atoms with van der Waals surface area (Å²) in [6.07, 6.45) is 3.08. The highest BCUT2D eigenvalue weighted by Crippen LogP contribution is 2.23. The van der Waals surface area contributed by atoms with Gasteiger partial charge in [0, 0.05) is 58.3 Å². The molecule has 1 atom stereocenters. The summed E-state index contributed by atoms with van der Waals surface area (Å²) in [6.45, 7) is 5.03. The zero-order valence-electron chi connectivity index (χ0n) is 19.4. The van der Waals surface area contributed by atoms with E-state index in [9.17, 15) is 19.8 Å². The van der Waals surface area contributed by atoms with Crippen molar-refractivity contribution in [3.63, 3.8) is 0 Å². The number of nitrogens with zero attached hydrogens (tertiary/aromatic N) is 4. The summed E-state index contributed by atoms with van der Waals surface area (Å²) in [5.41, 5.74) is 2.52. The third-order valence-electron chi connectivity index (χ3n) is 6.44. The van der Waals surface area contributed by atoms with E-state index in [1.807, 2.05) is 11.0 Å². The van der Waals surface area contributed by atoms with E-state index in [2.05, 4.69) is 25.5 Å². The van der Waals surface area contributed by atoms with Crippen LogP contribution < -0.4 is 10.6 Å². The first kappa shape index (κ1) is 23.9. The number of likely N-dealkylation sites (tertiary alicyclic amines) is 1. The predicted molar refractivity (Wildman–Crippen MR) is 126 cm³/mol. The predicted octanol–water partition coefficient (Wildman–Crippen LogP) is 0.754. The van der Waals surface area contributed by atoms with Crippen molar-refractivity contribution in [2.45, 2.75) is 44.9 Å². The van der Waals surface area contributed by atoms with E-state index < -0.39 is 6.10 Å². The molecule has 1 saturated heterocycles. The van der Waals surface area contributed by atoms with E-state index in [0.29, 0.717) is 32.0 Å². The summed E-state index contributed by atoms with van der Waals surface area (Å²) in [5.74, 6) is 0.568. The van der Waals surface area contributed by atoms with Crippen LogP contribution in [0, 0.1) is 0 Å². The maximum atomic E-state index is 12.6. The summed E-state index contributed by atoms with van der Waals surface area (Å²) < 4.78 is 0. The number of aliphatic hydroxyl groups excluding tert-OH is 1. The molecule has 4 rings (SSSR count). The number of carbonyl (C=O) groups is 2. The van der Waals surface area contributed by atoms with Crippen LogP contribution in [0.15, 0.2) is 30.6 Å². The molecule has 1 fully saturated rings. The Labute approximate surface area is 199 Å². The van der Waals surface area contributed by atoms with Gasteiger partial charge in [-0.2, -0.15) is 0 Å². The number of hydrogen-bond donors (Lipinski definition) is 4. The number of rotatable bonds is 7. The molecule has 0 radical (unpaired) electrons. The molecule has 2 aromatic rings. The molecule has 10 nitrogen and oxygen atoms in total. The lowest BCUT2D eigenvalue weighted by atomic mass is 9.99. The minimum Gasteiger partial charge on any atom is -0.508 e. The average Bonchev–Trinajstić information content (AvgIpc) is 2.83. The molecule has 2 aliphatic heterocycles. The average molecular weight is 469 g/mol. The monoisotopic (exact) mass is 468 g/mol. The number of benzene rings is 1. The fourth-order valence-electron chi connectivity index (χ4n) is 4.53. The first-order valence-corrected chi connectivity index (χ1v) is 11.7. The van der Waals surface area contributed by atoms with Crippen molar-refractivity contribution in [1.29, 1.82) is 0 Å². The fourth-order valence-corrected chi connectivity index (χ4v) is 4.53.